The molecule has 0 radical (unpaired) electrons. The minimum atomic E-state index is -0.723. The smallest absolute Gasteiger partial charge is 0.395 e. The number of amides is 1. The molecule has 0 fully saturated rings. The molecule has 2 aromatic heterocycles. The highest BCUT2D eigenvalue weighted by Crippen LogP contribution is 2.16. The maximum Gasteiger partial charge on any atom is 0.433 e. The molecule has 86 valence electrons. The molecule has 8 nitrogen and oxygen atoms in total. The van der Waals surface area contributed by atoms with Crippen molar-refractivity contribution < 1.29 is 14.1 Å². The summed E-state index contributed by atoms with van der Waals surface area (Å²) < 4.78 is 4.72. The highest BCUT2D eigenvalue weighted by molar-refractivity contribution is 6.01. The Labute approximate surface area is 94.4 Å². The first-order chi connectivity index (χ1) is 8.16. The first-order valence-corrected chi connectivity index (χ1v) is 4.50. The lowest BCUT2D eigenvalue weighted by Gasteiger charge is -1.99. The van der Waals surface area contributed by atoms with Crippen LogP contribution < -0.4 is 5.32 Å². The van der Waals surface area contributed by atoms with Crippen LogP contribution in [0.3, 0.4) is 0 Å². The molecule has 17 heavy (non-hydrogen) atoms. The minimum absolute atomic E-state index is 0.164. The molecule has 0 saturated heterocycles. The number of nitro groups is 1. The van der Waals surface area contributed by atoms with Gasteiger partial charge in [-0.3, -0.25) is 14.9 Å². The van der Waals surface area contributed by atoms with Crippen LogP contribution >= 0.6 is 0 Å². The van der Waals surface area contributed by atoms with Crippen molar-refractivity contribution in [1.82, 2.24) is 10.2 Å². The van der Waals surface area contributed by atoms with Crippen molar-refractivity contribution in [1.29, 1.82) is 0 Å². The SMILES string of the molecule is O=C(Nc1cccnn1)c1ccc([N+](=O)[O-])o1. The number of hydrogen-bond acceptors (Lipinski definition) is 6. The van der Waals surface area contributed by atoms with Crippen LogP contribution in [0.2, 0.25) is 0 Å². The molecule has 0 aliphatic rings. The van der Waals surface area contributed by atoms with Gasteiger partial charge in [-0.25, -0.2) is 0 Å². The fourth-order valence-electron chi connectivity index (χ4n) is 1.09. The minimum Gasteiger partial charge on any atom is -0.395 e. The van der Waals surface area contributed by atoms with Crippen LogP contribution in [-0.2, 0) is 0 Å². The van der Waals surface area contributed by atoms with E-state index >= 15 is 0 Å². The van der Waals surface area contributed by atoms with Crippen molar-refractivity contribution in [2.45, 2.75) is 0 Å². The number of rotatable bonds is 3. The van der Waals surface area contributed by atoms with E-state index in [9.17, 15) is 14.9 Å². The molecule has 0 bridgehead atoms. The zero-order valence-corrected chi connectivity index (χ0v) is 8.36. The number of nitrogens with zero attached hydrogens (tertiary/aromatic N) is 3. The van der Waals surface area contributed by atoms with E-state index in [2.05, 4.69) is 15.5 Å². The molecule has 0 spiro atoms. The summed E-state index contributed by atoms with van der Waals surface area (Å²) in [5.74, 6) is -1.05. The van der Waals surface area contributed by atoms with Gasteiger partial charge >= 0.3 is 5.88 Å². The quantitative estimate of drug-likeness (QED) is 0.631. The predicted octanol–water partition coefficient (Wildman–Crippen LogP) is 1.23. The summed E-state index contributed by atoms with van der Waals surface area (Å²) in [6, 6.07) is 5.44. The van der Waals surface area contributed by atoms with E-state index in [0.29, 0.717) is 0 Å². The second-order valence-electron chi connectivity index (χ2n) is 2.96. The largest absolute Gasteiger partial charge is 0.433 e. The van der Waals surface area contributed by atoms with E-state index in [4.69, 9.17) is 4.42 Å². The molecule has 0 atom stereocenters. The second kappa shape index (κ2) is 4.39. The Morgan fingerprint density at radius 1 is 1.41 bits per heavy atom. The highest BCUT2D eigenvalue weighted by Gasteiger charge is 2.17. The topological polar surface area (TPSA) is 111 Å². The summed E-state index contributed by atoms with van der Waals surface area (Å²) in [6.07, 6.45) is 1.45. The van der Waals surface area contributed by atoms with Gasteiger partial charge < -0.3 is 9.73 Å². The molecule has 1 amide bonds. The average Bonchev–Trinajstić information content (AvgIpc) is 2.79. The monoisotopic (exact) mass is 234 g/mol. The number of furan rings is 1. The van der Waals surface area contributed by atoms with Crippen molar-refractivity contribution in [3.63, 3.8) is 0 Å². The summed E-state index contributed by atoms with van der Waals surface area (Å²) >= 11 is 0. The fraction of sp³-hybridized carbons (Fsp3) is 0. The van der Waals surface area contributed by atoms with Gasteiger partial charge in [-0.05, 0) is 18.2 Å². The van der Waals surface area contributed by atoms with Crippen molar-refractivity contribution >= 4 is 17.6 Å². The van der Waals surface area contributed by atoms with E-state index in [-0.39, 0.29) is 11.6 Å². The van der Waals surface area contributed by atoms with Gasteiger partial charge in [0.05, 0.1) is 6.07 Å². The van der Waals surface area contributed by atoms with Crippen LogP contribution in [0.15, 0.2) is 34.9 Å². The molecular weight excluding hydrogens is 228 g/mol. The molecule has 0 saturated carbocycles. The van der Waals surface area contributed by atoms with Crippen molar-refractivity contribution in [2.24, 2.45) is 0 Å². The Morgan fingerprint density at radius 2 is 2.24 bits per heavy atom. The van der Waals surface area contributed by atoms with E-state index in [1.54, 1.807) is 6.07 Å². The van der Waals surface area contributed by atoms with Gasteiger partial charge in [0, 0.05) is 6.20 Å². The summed E-state index contributed by atoms with van der Waals surface area (Å²) in [6.45, 7) is 0. The van der Waals surface area contributed by atoms with Gasteiger partial charge in [0.15, 0.2) is 11.6 Å². The summed E-state index contributed by atoms with van der Waals surface area (Å²) in [7, 11) is 0. The van der Waals surface area contributed by atoms with Crippen LogP contribution in [0.5, 0.6) is 0 Å². The van der Waals surface area contributed by atoms with Gasteiger partial charge in [0.2, 0.25) is 0 Å². The van der Waals surface area contributed by atoms with Crippen LogP contribution in [0.4, 0.5) is 11.7 Å². The average molecular weight is 234 g/mol. The van der Waals surface area contributed by atoms with Crippen LogP contribution in [0.25, 0.3) is 0 Å². The molecule has 0 unspecified atom stereocenters. The number of hydrogen-bond donors (Lipinski definition) is 1. The molecule has 2 heterocycles. The van der Waals surface area contributed by atoms with Crippen molar-refractivity contribution in [2.75, 3.05) is 5.32 Å². The number of carbonyl (C=O) groups is 1. The molecule has 8 heteroatoms. The highest BCUT2D eigenvalue weighted by atomic mass is 16.6. The van der Waals surface area contributed by atoms with Gasteiger partial charge in [-0.15, -0.1) is 5.10 Å². The van der Waals surface area contributed by atoms with Gasteiger partial charge in [0.25, 0.3) is 5.91 Å². The fourth-order valence-corrected chi connectivity index (χ4v) is 1.09. The summed E-state index contributed by atoms with van der Waals surface area (Å²) in [4.78, 5) is 21.2. The van der Waals surface area contributed by atoms with Crippen molar-refractivity contribution in [3.8, 4) is 0 Å². The number of nitrogens with one attached hydrogen (secondary N) is 1. The molecule has 0 aliphatic carbocycles. The lowest BCUT2D eigenvalue weighted by Crippen LogP contribution is -2.12. The Morgan fingerprint density at radius 3 is 2.82 bits per heavy atom. The molecule has 1 N–H and O–H groups in total. The van der Waals surface area contributed by atoms with Crippen LogP contribution in [0, 0.1) is 10.1 Å². The molecule has 2 rings (SSSR count). The van der Waals surface area contributed by atoms with Crippen molar-refractivity contribution in [3.05, 3.63) is 46.3 Å². The lowest BCUT2D eigenvalue weighted by atomic mass is 10.4. The Hall–Kier alpha value is -2.77. The van der Waals surface area contributed by atoms with Gasteiger partial charge in [-0.1, -0.05) is 0 Å². The third kappa shape index (κ3) is 2.43. The number of anilines is 1. The Bertz CT molecular complexity index is 551. The normalized spacial score (nSPS) is 9.88. The molecule has 2 aromatic rings. The maximum absolute atomic E-state index is 11.6. The maximum atomic E-state index is 11.6. The second-order valence-corrected chi connectivity index (χ2v) is 2.96. The summed E-state index contributed by atoms with van der Waals surface area (Å²) in [5, 5.41) is 19.9. The zero-order valence-electron chi connectivity index (χ0n) is 8.36. The van der Waals surface area contributed by atoms with E-state index in [1.165, 1.54) is 18.3 Å². The van der Waals surface area contributed by atoms with Gasteiger partial charge in [0.1, 0.15) is 4.92 Å². The first-order valence-electron chi connectivity index (χ1n) is 4.50. The summed E-state index contributed by atoms with van der Waals surface area (Å²) in [5.41, 5.74) is 0. The predicted molar refractivity (Wildman–Crippen MR) is 55.3 cm³/mol. The van der Waals surface area contributed by atoms with E-state index in [1.807, 2.05) is 0 Å². The third-order valence-corrected chi connectivity index (χ3v) is 1.81. The van der Waals surface area contributed by atoms with Crippen LogP contribution in [0.1, 0.15) is 10.6 Å². The first kappa shape index (κ1) is 10.7. The molecular formula is C9H6N4O4. The Kier molecular flexibility index (Phi) is 2.77. The molecule has 0 aliphatic heterocycles. The third-order valence-electron chi connectivity index (χ3n) is 1.81. The standard InChI is InChI=1S/C9H6N4O4/c14-9(11-7-2-1-5-10-12-7)6-3-4-8(17-6)13(15)16/h1-5H,(H,11,12,14). The lowest BCUT2D eigenvalue weighted by molar-refractivity contribution is -0.402. The number of carbonyl (C=O) groups excluding carboxylic acids is 1. The Balaban J connectivity index is 2.12. The zero-order chi connectivity index (χ0) is 12.3. The van der Waals surface area contributed by atoms with Crippen LogP contribution in [-0.4, -0.2) is 21.0 Å². The van der Waals surface area contributed by atoms with E-state index in [0.717, 1.165) is 6.07 Å². The van der Waals surface area contributed by atoms with E-state index < -0.39 is 16.7 Å². The molecule has 0 aromatic carbocycles. The van der Waals surface area contributed by atoms with Gasteiger partial charge in [-0.2, -0.15) is 5.10 Å². The number of aromatic nitrogens is 2.